The van der Waals surface area contributed by atoms with Crippen LogP contribution in [0.5, 0.6) is 5.75 Å². The van der Waals surface area contributed by atoms with E-state index in [0.717, 1.165) is 18.8 Å². The van der Waals surface area contributed by atoms with E-state index in [0.29, 0.717) is 37.6 Å². The molecule has 1 aromatic carbocycles. The maximum atomic E-state index is 12.7. The van der Waals surface area contributed by atoms with Gasteiger partial charge in [-0.2, -0.15) is 0 Å². The summed E-state index contributed by atoms with van der Waals surface area (Å²) in [5.41, 5.74) is 1.75. The summed E-state index contributed by atoms with van der Waals surface area (Å²) in [5.74, 6) is 1.11. The maximum Gasteiger partial charge on any atom is 0.339 e. The number of hydrogen-bond donors (Lipinski definition) is 0. The van der Waals surface area contributed by atoms with Gasteiger partial charge < -0.3 is 19.3 Å². The van der Waals surface area contributed by atoms with E-state index in [-0.39, 0.29) is 23.9 Å². The second-order valence-corrected chi connectivity index (χ2v) is 8.91. The third kappa shape index (κ3) is 6.22. The Labute approximate surface area is 190 Å². The smallest absolute Gasteiger partial charge is 0.339 e. The number of anilines is 1. The highest BCUT2D eigenvalue weighted by Crippen LogP contribution is 2.24. The Morgan fingerprint density at radius 3 is 2.38 bits per heavy atom. The summed E-state index contributed by atoms with van der Waals surface area (Å²) in [4.78, 5) is 32.9. The Hall–Kier alpha value is -3.09. The molecular formula is C25H33N3O4. The first-order valence-electron chi connectivity index (χ1n) is 11.2. The molecule has 0 atom stereocenters. The van der Waals surface area contributed by atoms with Crippen LogP contribution in [-0.2, 0) is 14.9 Å². The molecule has 7 heteroatoms. The molecule has 0 aliphatic carbocycles. The third-order valence-electron chi connectivity index (χ3n) is 5.51. The topological polar surface area (TPSA) is 72.0 Å². The van der Waals surface area contributed by atoms with E-state index in [2.05, 4.69) is 30.7 Å². The van der Waals surface area contributed by atoms with Crippen molar-refractivity contribution < 1.29 is 19.1 Å². The minimum atomic E-state index is -0.368. The van der Waals surface area contributed by atoms with Crippen molar-refractivity contribution in [2.24, 2.45) is 0 Å². The SMILES string of the molecule is CCOC(=O)c1ccc(N2CCCN(C(=O)COc3ccc(C(C)(C)C)cc3)CC2)nc1. The van der Waals surface area contributed by atoms with Crippen molar-refractivity contribution in [3.8, 4) is 5.75 Å². The summed E-state index contributed by atoms with van der Waals surface area (Å²) in [6.45, 7) is 11.4. The molecule has 1 saturated heterocycles. The lowest BCUT2D eigenvalue weighted by molar-refractivity contribution is -0.133. The van der Waals surface area contributed by atoms with E-state index >= 15 is 0 Å². The Morgan fingerprint density at radius 1 is 1.00 bits per heavy atom. The van der Waals surface area contributed by atoms with Crippen molar-refractivity contribution in [3.63, 3.8) is 0 Å². The number of carbonyl (C=O) groups is 2. The van der Waals surface area contributed by atoms with Crippen LogP contribution in [-0.4, -0.2) is 61.2 Å². The van der Waals surface area contributed by atoms with Crippen molar-refractivity contribution in [2.75, 3.05) is 44.3 Å². The zero-order chi connectivity index (χ0) is 23.1. The molecule has 0 bridgehead atoms. The number of esters is 1. The summed E-state index contributed by atoms with van der Waals surface area (Å²) in [7, 11) is 0. The van der Waals surface area contributed by atoms with Crippen molar-refractivity contribution in [3.05, 3.63) is 53.7 Å². The van der Waals surface area contributed by atoms with Crippen molar-refractivity contribution in [1.29, 1.82) is 0 Å². The van der Waals surface area contributed by atoms with Gasteiger partial charge in [0.1, 0.15) is 11.6 Å². The average molecular weight is 440 g/mol. The highest BCUT2D eigenvalue weighted by atomic mass is 16.5. The largest absolute Gasteiger partial charge is 0.484 e. The van der Waals surface area contributed by atoms with Crippen molar-refractivity contribution in [2.45, 2.75) is 39.5 Å². The number of nitrogens with zero attached hydrogens (tertiary/aromatic N) is 3. The first-order valence-corrected chi connectivity index (χ1v) is 11.2. The molecule has 32 heavy (non-hydrogen) atoms. The van der Waals surface area contributed by atoms with Crippen LogP contribution in [0.4, 0.5) is 5.82 Å². The van der Waals surface area contributed by atoms with Gasteiger partial charge in [-0.05, 0) is 48.6 Å². The van der Waals surface area contributed by atoms with Gasteiger partial charge in [-0.1, -0.05) is 32.9 Å². The Kier molecular flexibility index (Phi) is 7.72. The average Bonchev–Trinajstić information content (AvgIpc) is 3.04. The normalized spacial score (nSPS) is 14.6. The number of carbonyl (C=O) groups excluding carboxylic acids is 2. The second kappa shape index (κ2) is 10.5. The summed E-state index contributed by atoms with van der Waals surface area (Å²) < 4.78 is 10.7. The summed E-state index contributed by atoms with van der Waals surface area (Å²) in [5, 5.41) is 0. The number of benzene rings is 1. The number of ether oxygens (including phenoxy) is 2. The van der Waals surface area contributed by atoms with Crippen LogP contribution in [0.25, 0.3) is 0 Å². The van der Waals surface area contributed by atoms with E-state index < -0.39 is 0 Å². The molecule has 1 aliphatic rings. The van der Waals surface area contributed by atoms with Gasteiger partial charge in [0.15, 0.2) is 6.61 Å². The number of aromatic nitrogens is 1. The standard InChI is InChI=1S/C25H33N3O4/c1-5-31-24(30)19-7-12-22(26-17-19)27-13-6-14-28(16-15-27)23(29)18-32-21-10-8-20(9-11-21)25(2,3)4/h7-12,17H,5-6,13-16,18H2,1-4H3. The molecular weight excluding hydrogens is 406 g/mol. The summed E-state index contributed by atoms with van der Waals surface area (Å²) >= 11 is 0. The molecule has 2 aromatic rings. The zero-order valence-electron chi connectivity index (χ0n) is 19.5. The second-order valence-electron chi connectivity index (χ2n) is 8.91. The number of hydrogen-bond acceptors (Lipinski definition) is 6. The number of rotatable bonds is 6. The van der Waals surface area contributed by atoms with Crippen LogP contribution in [0.1, 0.15) is 50.0 Å². The minimum Gasteiger partial charge on any atom is -0.484 e. The van der Waals surface area contributed by atoms with Crippen molar-refractivity contribution >= 4 is 17.7 Å². The molecule has 0 N–H and O–H groups in total. The third-order valence-corrected chi connectivity index (χ3v) is 5.51. The molecule has 2 heterocycles. The fourth-order valence-corrected chi connectivity index (χ4v) is 3.59. The molecule has 172 valence electrons. The number of pyridine rings is 1. The molecule has 1 aromatic heterocycles. The van der Waals surface area contributed by atoms with Crippen LogP contribution in [0.2, 0.25) is 0 Å². The molecule has 1 fully saturated rings. The number of amides is 1. The molecule has 0 unspecified atom stereocenters. The van der Waals surface area contributed by atoms with Crippen molar-refractivity contribution in [1.82, 2.24) is 9.88 Å². The lowest BCUT2D eigenvalue weighted by Gasteiger charge is -2.23. The lowest BCUT2D eigenvalue weighted by Crippen LogP contribution is -2.38. The fourth-order valence-electron chi connectivity index (χ4n) is 3.59. The van der Waals surface area contributed by atoms with Gasteiger partial charge in [0, 0.05) is 32.4 Å². The highest BCUT2D eigenvalue weighted by molar-refractivity contribution is 5.89. The predicted octanol–water partition coefficient (Wildman–Crippen LogP) is 3.67. The molecule has 0 radical (unpaired) electrons. The molecule has 7 nitrogen and oxygen atoms in total. The molecule has 1 aliphatic heterocycles. The van der Waals surface area contributed by atoms with E-state index in [1.807, 2.05) is 35.2 Å². The zero-order valence-corrected chi connectivity index (χ0v) is 19.5. The van der Waals surface area contributed by atoms with Gasteiger partial charge >= 0.3 is 5.97 Å². The van der Waals surface area contributed by atoms with E-state index in [9.17, 15) is 9.59 Å². The van der Waals surface area contributed by atoms with Gasteiger partial charge in [-0.25, -0.2) is 9.78 Å². The Bertz CT molecular complexity index is 904. The fraction of sp³-hybridized carbons (Fsp3) is 0.480. The highest BCUT2D eigenvalue weighted by Gasteiger charge is 2.21. The van der Waals surface area contributed by atoms with Gasteiger partial charge in [-0.15, -0.1) is 0 Å². The van der Waals surface area contributed by atoms with Gasteiger partial charge in [0.25, 0.3) is 5.91 Å². The van der Waals surface area contributed by atoms with Crippen LogP contribution in [0.15, 0.2) is 42.6 Å². The predicted molar refractivity (Wildman–Crippen MR) is 124 cm³/mol. The van der Waals surface area contributed by atoms with Gasteiger partial charge in [0.2, 0.25) is 0 Å². The van der Waals surface area contributed by atoms with Crippen LogP contribution in [0, 0.1) is 0 Å². The maximum absolute atomic E-state index is 12.7. The van der Waals surface area contributed by atoms with E-state index in [4.69, 9.17) is 9.47 Å². The molecule has 1 amide bonds. The van der Waals surface area contributed by atoms with E-state index in [1.165, 1.54) is 5.56 Å². The quantitative estimate of drug-likeness (QED) is 0.640. The summed E-state index contributed by atoms with van der Waals surface area (Å²) in [6.07, 6.45) is 2.38. The first-order chi connectivity index (χ1) is 15.3. The molecule has 0 spiro atoms. The molecule has 3 rings (SSSR count). The Balaban J connectivity index is 1.51. The summed E-state index contributed by atoms with van der Waals surface area (Å²) in [6, 6.07) is 11.5. The Morgan fingerprint density at radius 2 is 1.75 bits per heavy atom. The van der Waals surface area contributed by atoms with Crippen LogP contribution >= 0.6 is 0 Å². The van der Waals surface area contributed by atoms with Crippen LogP contribution < -0.4 is 9.64 Å². The first kappa shape index (κ1) is 23.6. The molecule has 0 saturated carbocycles. The minimum absolute atomic E-state index is 0.0163. The van der Waals surface area contributed by atoms with Crippen LogP contribution in [0.3, 0.4) is 0 Å². The lowest BCUT2D eigenvalue weighted by atomic mass is 9.87. The van der Waals surface area contributed by atoms with Gasteiger partial charge in [-0.3, -0.25) is 4.79 Å². The van der Waals surface area contributed by atoms with Gasteiger partial charge in [0.05, 0.1) is 12.2 Å². The monoisotopic (exact) mass is 439 g/mol. The van der Waals surface area contributed by atoms with E-state index in [1.54, 1.807) is 19.2 Å².